The number of hydrogen-bond acceptors (Lipinski definition) is 2. The van der Waals surface area contributed by atoms with Crippen LogP contribution < -0.4 is 0 Å². The van der Waals surface area contributed by atoms with Gasteiger partial charge in [0.05, 0.1) is 0 Å². The lowest BCUT2D eigenvalue weighted by molar-refractivity contribution is -0.109. The maximum atomic E-state index is 10.2. The van der Waals surface area contributed by atoms with Crippen LogP contribution >= 0.6 is 0 Å². The highest BCUT2D eigenvalue weighted by Gasteiger charge is 2.21. The minimum absolute atomic E-state index is 0.652. The number of carbonyl (C=O) groups excluding carboxylic acids is 1. The van der Waals surface area contributed by atoms with Crippen LogP contribution in [0.1, 0.15) is 26.2 Å². The number of likely N-dealkylation sites (tertiary alicyclic amines) is 1. The topological polar surface area (TPSA) is 20.3 Å². The van der Waals surface area contributed by atoms with Crippen molar-refractivity contribution in [3.8, 4) is 0 Å². The Morgan fingerprint density at radius 1 is 1.64 bits per heavy atom. The summed E-state index contributed by atoms with van der Waals surface area (Å²) in [5.74, 6) is 0.652. The van der Waals surface area contributed by atoms with Crippen LogP contribution in [-0.2, 0) is 4.79 Å². The fourth-order valence-corrected chi connectivity index (χ4v) is 1.74. The molecule has 2 atom stereocenters. The van der Waals surface area contributed by atoms with Gasteiger partial charge >= 0.3 is 0 Å². The zero-order chi connectivity index (χ0) is 8.27. The number of piperidine rings is 1. The first-order chi connectivity index (χ1) is 5.24. The number of nitrogens with zero attached hydrogens (tertiary/aromatic N) is 1. The molecule has 0 N–H and O–H groups in total. The zero-order valence-electron chi connectivity index (χ0n) is 7.42. The van der Waals surface area contributed by atoms with E-state index < -0.39 is 0 Å². The Hall–Kier alpha value is -0.370. The van der Waals surface area contributed by atoms with Crippen molar-refractivity contribution in [2.45, 2.75) is 32.2 Å². The molecular formula is C9H17NO. The van der Waals surface area contributed by atoms with Crippen molar-refractivity contribution in [2.24, 2.45) is 5.92 Å². The summed E-state index contributed by atoms with van der Waals surface area (Å²) in [6.07, 6.45) is 4.20. The van der Waals surface area contributed by atoms with Crippen molar-refractivity contribution in [1.29, 1.82) is 0 Å². The van der Waals surface area contributed by atoms with E-state index in [1.54, 1.807) is 0 Å². The third-order valence-corrected chi connectivity index (χ3v) is 2.75. The summed E-state index contributed by atoms with van der Waals surface area (Å²) < 4.78 is 0. The molecule has 1 saturated heterocycles. The molecule has 64 valence electrons. The van der Waals surface area contributed by atoms with Gasteiger partial charge in [-0.1, -0.05) is 0 Å². The molecule has 2 unspecified atom stereocenters. The van der Waals surface area contributed by atoms with Crippen molar-refractivity contribution in [2.75, 3.05) is 13.6 Å². The Kier molecular flexibility index (Phi) is 3.06. The second kappa shape index (κ2) is 3.86. The highest BCUT2D eigenvalue weighted by molar-refractivity contribution is 5.49. The van der Waals surface area contributed by atoms with Crippen LogP contribution in [0, 0.1) is 5.92 Å². The zero-order valence-corrected chi connectivity index (χ0v) is 7.42. The molecule has 0 aromatic heterocycles. The van der Waals surface area contributed by atoms with Crippen LogP contribution in [0.5, 0.6) is 0 Å². The van der Waals surface area contributed by atoms with Gasteiger partial charge in [-0.3, -0.25) is 0 Å². The van der Waals surface area contributed by atoms with Crippen molar-refractivity contribution in [1.82, 2.24) is 4.90 Å². The monoisotopic (exact) mass is 155 g/mol. The Labute approximate surface area is 68.6 Å². The lowest BCUT2D eigenvalue weighted by Crippen LogP contribution is -2.37. The SMILES string of the molecule is CC1CC(CC=O)CCN1C. The van der Waals surface area contributed by atoms with Gasteiger partial charge in [0.15, 0.2) is 0 Å². The van der Waals surface area contributed by atoms with Crippen molar-refractivity contribution in [3.63, 3.8) is 0 Å². The number of carbonyl (C=O) groups is 1. The number of rotatable bonds is 2. The molecule has 0 saturated carbocycles. The van der Waals surface area contributed by atoms with Crippen LogP contribution in [0.25, 0.3) is 0 Å². The first-order valence-corrected chi connectivity index (χ1v) is 4.38. The molecule has 0 spiro atoms. The van der Waals surface area contributed by atoms with Crippen molar-refractivity contribution >= 4 is 6.29 Å². The van der Waals surface area contributed by atoms with Crippen LogP contribution in [0.3, 0.4) is 0 Å². The second-order valence-electron chi connectivity index (χ2n) is 3.62. The molecule has 0 aromatic carbocycles. The molecule has 0 amide bonds. The molecule has 0 aromatic rings. The molecule has 0 aliphatic carbocycles. The summed E-state index contributed by atoms with van der Waals surface area (Å²) in [5.41, 5.74) is 0. The fourth-order valence-electron chi connectivity index (χ4n) is 1.74. The van der Waals surface area contributed by atoms with E-state index in [4.69, 9.17) is 0 Å². The fraction of sp³-hybridized carbons (Fsp3) is 0.889. The first kappa shape index (κ1) is 8.72. The van der Waals surface area contributed by atoms with Gasteiger partial charge in [0.25, 0.3) is 0 Å². The quantitative estimate of drug-likeness (QED) is 0.560. The Morgan fingerprint density at radius 2 is 2.36 bits per heavy atom. The lowest BCUT2D eigenvalue weighted by Gasteiger charge is -2.34. The lowest BCUT2D eigenvalue weighted by atomic mass is 9.90. The van der Waals surface area contributed by atoms with Crippen molar-refractivity contribution < 1.29 is 4.79 Å². The van der Waals surface area contributed by atoms with Gasteiger partial charge in [0, 0.05) is 12.5 Å². The predicted octanol–water partition coefficient (Wildman–Crippen LogP) is 1.31. The molecule has 1 rings (SSSR count). The highest BCUT2D eigenvalue weighted by atomic mass is 16.1. The average molecular weight is 155 g/mol. The van der Waals surface area contributed by atoms with Crippen LogP contribution in [-0.4, -0.2) is 30.8 Å². The molecule has 1 aliphatic heterocycles. The molecule has 1 fully saturated rings. The van der Waals surface area contributed by atoms with E-state index in [0.29, 0.717) is 12.0 Å². The summed E-state index contributed by atoms with van der Waals surface area (Å²) in [7, 11) is 2.15. The highest BCUT2D eigenvalue weighted by Crippen LogP contribution is 2.22. The molecule has 11 heavy (non-hydrogen) atoms. The third-order valence-electron chi connectivity index (χ3n) is 2.75. The maximum Gasteiger partial charge on any atom is 0.120 e. The standard InChI is InChI=1S/C9H17NO/c1-8-7-9(4-6-11)3-5-10(8)2/h6,8-9H,3-5,7H2,1-2H3. The Morgan fingerprint density at radius 3 is 2.91 bits per heavy atom. The largest absolute Gasteiger partial charge is 0.304 e. The van der Waals surface area contributed by atoms with E-state index in [1.165, 1.54) is 12.8 Å². The summed E-state index contributed by atoms with van der Waals surface area (Å²) in [4.78, 5) is 12.6. The van der Waals surface area contributed by atoms with E-state index in [2.05, 4.69) is 18.9 Å². The van der Waals surface area contributed by atoms with E-state index in [-0.39, 0.29) is 0 Å². The minimum Gasteiger partial charge on any atom is -0.304 e. The Balaban J connectivity index is 2.33. The maximum absolute atomic E-state index is 10.2. The first-order valence-electron chi connectivity index (χ1n) is 4.38. The smallest absolute Gasteiger partial charge is 0.120 e. The normalized spacial score (nSPS) is 33.6. The molecule has 2 nitrogen and oxygen atoms in total. The average Bonchev–Trinajstić information content (AvgIpc) is 1.98. The molecule has 1 aliphatic rings. The van der Waals surface area contributed by atoms with Gasteiger partial charge < -0.3 is 9.69 Å². The van der Waals surface area contributed by atoms with Gasteiger partial charge in [-0.15, -0.1) is 0 Å². The third kappa shape index (κ3) is 2.29. The second-order valence-corrected chi connectivity index (χ2v) is 3.62. The summed E-state index contributed by atoms with van der Waals surface area (Å²) in [6.45, 7) is 3.39. The predicted molar refractivity (Wildman–Crippen MR) is 45.5 cm³/mol. The molecular weight excluding hydrogens is 138 g/mol. The van der Waals surface area contributed by atoms with E-state index in [9.17, 15) is 4.79 Å². The summed E-state index contributed by atoms with van der Waals surface area (Å²) in [6, 6.07) is 0.661. The van der Waals surface area contributed by atoms with Gasteiger partial charge in [-0.25, -0.2) is 0 Å². The van der Waals surface area contributed by atoms with E-state index in [0.717, 1.165) is 19.3 Å². The molecule has 0 bridgehead atoms. The van der Waals surface area contributed by atoms with Gasteiger partial charge in [0.1, 0.15) is 6.29 Å². The van der Waals surface area contributed by atoms with Crippen LogP contribution in [0.2, 0.25) is 0 Å². The van der Waals surface area contributed by atoms with Crippen LogP contribution in [0.4, 0.5) is 0 Å². The van der Waals surface area contributed by atoms with E-state index in [1.807, 2.05) is 0 Å². The number of aldehydes is 1. The van der Waals surface area contributed by atoms with Gasteiger partial charge in [-0.05, 0) is 39.3 Å². The van der Waals surface area contributed by atoms with Gasteiger partial charge in [0.2, 0.25) is 0 Å². The van der Waals surface area contributed by atoms with Crippen LogP contribution in [0.15, 0.2) is 0 Å². The van der Waals surface area contributed by atoms with Crippen molar-refractivity contribution in [3.05, 3.63) is 0 Å². The molecule has 1 heterocycles. The molecule has 0 radical (unpaired) electrons. The minimum atomic E-state index is 0.652. The number of hydrogen-bond donors (Lipinski definition) is 0. The Bertz CT molecular complexity index is 136. The summed E-state index contributed by atoms with van der Waals surface area (Å²) in [5, 5.41) is 0. The van der Waals surface area contributed by atoms with Gasteiger partial charge in [-0.2, -0.15) is 0 Å². The van der Waals surface area contributed by atoms with E-state index >= 15 is 0 Å². The molecule has 2 heteroatoms. The summed E-state index contributed by atoms with van der Waals surface area (Å²) >= 11 is 0.